The minimum Gasteiger partial charge on any atom is -0.479 e. The molecule has 1 aliphatic carbocycles. The Kier molecular flexibility index (Phi) is 9.84. The summed E-state index contributed by atoms with van der Waals surface area (Å²) in [5.74, 6) is -1.55. The van der Waals surface area contributed by atoms with Gasteiger partial charge in [0.1, 0.15) is 0 Å². The van der Waals surface area contributed by atoms with Crippen LogP contribution in [0.25, 0.3) is 0 Å². The minimum absolute atomic E-state index is 0.183. The van der Waals surface area contributed by atoms with Crippen LogP contribution in [0.3, 0.4) is 0 Å². The van der Waals surface area contributed by atoms with Crippen molar-refractivity contribution >= 4 is 23.6 Å². The van der Waals surface area contributed by atoms with E-state index in [2.05, 4.69) is 16.0 Å². The molecule has 0 radical (unpaired) electrons. The number of hydrogen-bond donors (Lipinski definition) is 5. The van der Waals surface area contributed by atoms with Gasteiger partial charge in [-0.05, 0) is 71.8 Å². The molecule has 1 fully saturated rings. The number of rotatable bonds is 9. The molecule has 1 saturated carbocycles. The Balaban J connectivity index is 1.53. The van der Waals surface area contributed by atoms with Crippen molar-refractivity contribution in [2.75, 3.05) is 11.9 Å². The summed E-state index contributed by atoms with van der Waals surface area (Å²) in [4.78, 5) is 36.2. The summed E-state index contributed by atoms with van der Waals surface area (Å²) in [6.45, 7) is -0.461. The Morgan fingerprint density at radius 2 is 1.40 bits per heavy atom. The maximum atomic E-state index is 13.0. The number of carboxylic acids is 1. The minimum atomic E-state index is -4.49. The monoisotopic (exact) mass is 583 g/mol. The van der Waals surface area contributed by atoms with Gasteiger partial charge in [0.15, 0.2) is 6.10 Å². The van der Waals surface area contributed by atoms with Gasteiger partial charge < -0.3 is 26.2 Å². The predicted octanol–water partition coefficient (Wildman–Crippen LogP) is 5.84. The number of carbonyl (C=O) groups is 3. The van der Waals surface area contributed by atoms with Crippen LogP contribution in [0, 0.1) is 0 Å². The SMILES string of the molecule is O=C(Nc1ccc(C(F)(F)F)cc1)NC(c1ccc(C(=O)NC[C@@H](O)C(=O)O)cc1)c1ccc(C2CCCCC2)cc1. The Morgan fingerprint density at radius 1 is 0.833 bits per heavy atom. The van der Waals surface area contributed by atoms with Gasteiger partial charge in [0, 0.05) is 11.3 Å². The quantitative estimate of drug-likeness (QED) is 0.216. The fraction of sp³-hybridized carbons (Fsp3) is 0.323. The van der Waals surface area contributed by atoms with E-state index in [4.69, 9.17) is 5.11 Å². The number of urea groups is 1. The predicted molar refractivity (Wildman–Crippen MR) is 150 cm³/mol. The first-order valence-electron chi connectivity index (χ1n) is 13.6. The summed E-state index contributed by atoms with van der Waals surface area (Å²) in [5, 5.41) is 26.0. The van der Waals surface area contributed by atoms with Crippen molar-refractivity contribution in [1.29, 1.82) is 0 Å². The number of carboxylic acid groups (broad SMARTS) is 1. The lowest BCUT2D eigenvalue weighted by Crippen LogP contribution is -2.36. The molecule has 0 aliphatic heterocycles. The molecule has 4 rings (SSSR count). The average molecular weight is 584 g/mol. The summed E-state index contributed by atoms with van der Waals surface area (Å²) in [7, 11) is 0. The highest BCUT2D eigenvalue weighted by Crippen LogP contribution is 2.34. The summed E-state index contributed by atoms with van der Waals surface area (Å²) < 4.78 is 38.7. The van der Waals surface area contributed by atoms with Crippen molar-refractivity contribution in [3.8, 4) is 0 Å². The van der Waals surface area contributed by atoms with Crippen LogP contribution in [-0.2, 0) is 11.0 Å². The third-order valence-corrected chi connectivity index (χ3v) is 7.34. The lowest BCUT2D eigenvalue weighted by molar-refractivity contribution is -0.146. The molecule has 222 valence electrons. The Labute approximate surface area is 241 Å². The third kappa shape index (κ3) is 8.10. The van der Waals surface area contributed by atoms with Crippen LogP contribution >= 0.6 is 0 Å². The van der Waals surface area contributed by atoms with Crippen molar-refractivity contribution in [2.24, 2.45) is 0 Å². The number of alkyl halides is 3. The van der Waals surface area contributed by atoms with Gasteiger partial charge >= 0.3 is 18.2 Å². The molecule has 2 atom stereocenters. The number of aliphatic hydroxyl groups excluding tert-OH is 1. The van der Waals surface area contributed by atoms with Crippen molar-refractivity contribution in [3.63, 3.8) is 0 Å². The van der Waals surface area contributed by atoms with E-state index >= 15 is 0 Å². The highest BCUT2D eigenvalue weighted by atomic mass is 19.4. The summed E-state index contributed by atoms with van der Waals surface area (Å²) in [6, 6.07) is 17.1. The van der Waals surface area contributed by atoms with E-state index in [0.717, 1.165) is 30.5 Å². The number of benzene rings is 3. The largest absolute Gasteiger partial charge is 0.479 e. The molecule has 0 saturated heterocycles. The molecule has 3 amide bonds. The number of amides is 3. The van der Waals surface area contributed by atoms with E-state index in [1.54, 1.807) is 12.1 Å². The molecule has 8 nitrogen and oxygen atoms in total. The van der Waals surface area contributed by atoms with Gasteiger partial charge in [-0.2, -0.15) is 13.2 Å². The number of aliphatic carboxylic acids is 1. The molecule has 1 unspecified atom stereocenters. The molecule has 1 aliphatic rings. The summed E-state index contributed by atoms with van der Waals surface area (Å²) in [5.41, 5.74) is 2.19. The van der Waals surface area contributed by atoms with Gasteiger partial charge in [-0.3, -0.25) is 4.79 Å². The molecule has 0 heterocycles. The Bertz CT molecular complexity index is 1370. The number of halogens is 3. The van der Waals surface area contributed by atoms with Crippen molar-refractivity contribution in [1.82, 2.24) is 10.6 Å². The molecule has 3 aromatic rings. The Hall–Kier alpha value is -4.38. The van der Waals surface area contributed by atoms with E-state index in [1.165, 1.54) is 49.1 Å². The fourth-order valence-corrected chi connectivity index (χ4v) is 5.00. The molecule has 3 aromatic carbocycles. The first-order chi connectivity index (χ1) is 20.0. The fourth-order valence-electron chi connectivity index (χ4n) is 5.00. The molecule has 5 N–H and O–H groups in total. The molecular formula is C31H32F3N3O5. The van der Waals surface area contributed by atoms with E-state index in [0.29, 0.717) is 11.5 Å². The highest BCUT2D eigenvalue weighted by Gasteiger charge is 2.30. The summed E-state index contributed by atoms with van der Waals surface area (Å²) >= 11 is 0. The second-order valence-electron chi connectivity index (χ2n) is 10.3. The van der Waals surface area contributed by atoms with Gasteiger partial charge in [0.2, 0.25) is 0 Å². The second kappa shape index (κ2) is 13.5. The first-order valence-corrected chi connectivity index (χ1v) is 13.6. The van der Waals surface area contributed by atoms with Crippen molar-refractivity contribution in [3.05, 3.63) is 101 Å². The number of hydrogen-bond acceptors (Lipinski definition) is 4. The van der Waals surface area contributed by atoms with Crippen molar-refractivity contribution in [2.45, 2.75) is 56.3 Å². The van der Waals surface area contributed by atoms with E-state index < -0.39 is 48.3 Å². The maximum Gasteiger partial charge on any atom is 0.416 e. The van der Waals surface area contributed by atoms with Crippen LogP contribution in [0.5, 0.6) is 0 Å². The van der Waals surface area contributed by atoms with E-state index in [9.17, 15) is 32.7 Å². The van der Waals surface area contributed by atoms with Crippen LogP contribution in [0.1, 0.15) is 76.7 Å². The van der Waals surface area contributed by atoms with Crippen molar-refractivity contribution < 1.29 is 37.8 Å². The van der Waals surface area contributed by atoms with E-state index in [1.807, 2.05) is 24.3 Å². The number of aliphatic hydroxyl groups is 1. The molecule has 0 spiro atoms. The standard InChI is InChI=1S/C31H32F3N3O5/c32-31(33,34)24-14-16-25(17-15-24)36-30(42)37-27(21-8-6-20(7-9-21)19-4-2-1-3-5-19)22-10-12-23(13-11-22)28(39)35-18-26(38)29(40)41/h6-17,19,26-27,38H,1-5,18H2,(H,35,39)(H,40,41)(H2,36,37,42)/t26-,27?/m1/s1. The third-order valence-electron chi connectivity index (χ3n) is 7.34. The topological polar surface area (TPSA) is 128 Å². The smallest absolute Gasteiger partial charge is 0.416 e. The van der Waals surface area contributed by atoms with Crippen LogP contribution in [0.4, 0.5) is 23.7 Å². The van der Waals surface area contributed by atoms with Crippen LogP contribution in [0.2, 0.25) is 0 Å². The van der Waals surface area contributed by atoms with Gasteiger partial charge in [-0.25, -0.2) is 9.59 Å². The van der Waals surface area contributed by atoms with Gasteiger partial charge in [-0.1, -0.05) is 55.7 Å². The molecule has 0 bridgehead atoms. The zero-order valence-corrected chi connectivity index (χ0v) is 22.7. The lowest BCUT2D eigenvalue weighted by Gasteiger charge is -2.24. The van der Waals surface area contributed by atoms with Crippen LogP contribution in [-0.4, -0.2) is 40.8 Å². The van der Waals surface area contributed by atoms with E-state index in [-0.39, 0.29) is 11.3 Å². The number of anilines is 1. The molecular weight excluding hydrogens is 551 g/mol. The molecule has 11 heteroatoms. The van der Waals surface area contributed by atoms with Gasteiger partial charge in [0.05, 0.1) is 18.2 Å². The molecule has 0 aromatic heterocycles. The maximum absolute atomic E-state index is 13.0. The Morgan fingerprint density at radius 3 is 1.95 bits per heavy atom. The zero-order valence-electron chi connectivity index (χ0n) is 22.7. The number of carbonyl (C=O) groups excluding carboxylic acids is 2. The zero-order chi connectivity index (χ0) is 30.3. The van der Waals surface area contributed by atoms with Crippen LogP contribution in [0.15, 0.2) is 72.8 Å². The van der Waals surface area contributed by atoms with Crippen LogP contribution < -0.4 is 16.0 Å². The number of nitrogens with one attached hydrogen (secondary N) is 3. The molecule has 42 heavy (non-hydrogen) atoms. The summed E-state index contributed by atoms with van der Waals surface area (Å²) in [6.07, 6.45) is -0.349. The normalized spacial score (nSPS) is 15.3. The average Bonchev–Trinajstić information content (AvgIpc) is 2.99. The van der Waals surface area contributed by atoms with Gasteiger partial charge in [-0.15, -0.1) is 0 Å². The second-order valence-corrected chi connectivity index (χ2v) is 10.3. The van der Waals surface area contributed by atoms with Gasteiger partial charge in [0.25, 0.3) is 5.91 Å². The lowest BCUT2D eigenvalue weighted by atomic mass is 9.83. The first kappa shape index (κ1) is 30.6. The highest BCUT2D eigenvalue weighted by molar-refractivity contribution is 5.94.